The minimum absolute atomic E-state index is 0.0542. The van der Waals surface area contributed by atoms with Crippen molar-refractivity contribution in [2.45, 2.75) is 31.3 Å². The second-order valence-electron chi connectivity index (χ2n) is 6.64. The first kappa shape index (κ1) is 17.2. The number of nitrogens with zero attached hydrogens (tertiary/aromatic N) is 2. The number of aromatic nitrogens is 2. The van der Waals surface area contributed by atoms with Gasteiger partial charge in [-0.2, -0.15) is 0 Å². The number of hydrogen-bond donors (Lipinski definition) is 3. The van der Waals surface area contributed by atoms with Crippen LogP contribution in [0.25, 0.3) is 10.2 Å². The van der Waals surface area contributed by atoms with Crippen molar-refractivity contribution in [2.75, 3.05) is 6.54 Å². The summed E-state index contributed by atoms with van der Waals surface area (Å²) >= 11 is 1.73. The molecule has 2 aromatic heterocycles. The summed E-state index contributed by atoms with van der Waals surface area (Å²) in [6.07, 6.45) is 4.56. The van der Waals surface area contributed by atoms with E-state index in [1.165, 1.54) is 10.4 Å². The van der Waals surface area contributed by atoms with Crippen LogP contribution < -0.4 is 16.2 Å². The van der Waals surface area contributed by atoms with Crippen LogP contribution in [0.3, 0.4) is 0 Å². The monoisotopic (exact) mass is 369 g/mol. The molecule has 1 aliphatic heterocycles. The van der Waals surface area contributed by atoms with E-state index in [1.807, 2.05) is 37.5 Å². The van der Waals surface area contributed by atoms with E-state index < -0.39 is 0 Å². The minimum Gasteiger partial charge on any atom is -0.355 e. The predicted octanol–water partition coefficient (Wildman–Crippen LogP) is 2.29. The summed E-state index contributed by atoms with van der Waals surface area (Å²) in [5, 5.41) is 4.17. The van der Waals surface area contributed by atoms with Gasteiger partial charge in [0, 0.05) is 31.9 Å². The Bertz CT molecular complexity index is 869. The predicted molar refractivity (Wildman–Crippen MR) is 104 cm³/mol. The first-order valence-corrected chi connectivity index (χ1v) is 9.77. The zero-order chi connectivity index (χ0) is 17.9. The molecule has 1 aromatic carbocycles. The van der Waals surface area contributed by atoms with Crippen molar-refractivity contribution in [3.8, 4) is 0 Å². The number of fused-ring (bicyclic) bond motifs is 1. The minimum atomic E-state index is -0.197. The number of para-hydroxylation sites is 1. The highest BCUT2D eigenvalue weighted by atomic mass is 32.1. The highest BCUT2D eigenvalue weighted by molar-refractivity contribution is 7.18. The van der Waals surface area contributed by atoms with Gasteiger partial charge in [-0.25, -0.2) is 15.8 Å². The molecule has 136 valence electrons. The van der Waals surface area contributed by atoms with Gasteiger partial charge in [-0.15, -0.1) is 11.3 Å². The largest absolute Gasteiger partial charge is 0.355 e. The molecule has 3 N–H and O–H groups in total. The number of thiazole rings is 1. The Morgan fingerprint density at radius 2 is 2.19 bits per heavy atom. The quantitative estimate of drug-likeness (QED) is 0.583. The SMILES string of the molecule is Cn1cccc1C1CC(C(=O)NCCCc2nc3ccccc3s2)NN1. The lowest BCUT2D eigenvalue weighted by atomic mass is 10.1. The Balaban J connectivity index is 1.22. The number of nitrogens with one attached hydrogen (secondary N) is 3. The Hall–Kier alpha value is -2.22. The lowest BCUT2D eigenvalue weighted by Gasteiger charge is -2.11. The summed E-state index contributed by atoms with van der Waals surface area (Å²) in [5.41, 5.74) is 8.58. The van der Waals surface area contributed by atoms with Crippen molar-refractivity contribution in [3.63, 3.8) is 0 Å². The van der Waals surface area contributed by atoms with Crippen LogP contribution in [0.5, 0.6) is 0 Å². The zero-order valence-corrected chi connectivity index (χ0v) is 15.6. The molecule has 3 heterocycles. The summed E-state index contributed by atoms with van der Waals surface area (Å²) in [6, 6.07) is 12.3. The van der Waals surface area contributed by atoms with Crippen LogP contribution in [0.1, 0.15) is 29.6 Å². The van der Waals surface area contributed by atoms with E-state index in [2.05, 4.69) is 37.9 Å². The van der Waals surface area contributed by atoms with E-state index in [-0.39, 0.29) is 18.0 Å². The number of hydrogen-bond acceptors (Lipinski definition) is 5. The molecule has 1 amide bonds. The Morgan fingerprint density at radius 1 is 1.31 bits per heavy atom. The number of rotatable bonds is 6. The summed E-state index contributed by atoms with van der Waals surface area (Å²) in [5.74, 6) is 0.0542. The number of benzene rings is 1. The van der Waals surface area contributed by atoms with E-state index in [0.29, 0.717) is 6.54 Å². The van der Waals surface area contributed by atoms with Crippen LogP contribution in [0.2, 0.25) is 0 Å². The maximum Gasteiger partial charge on any atom is 0.238 e. The molecule has 0 bridgehead atoms. The summed E-state index contributed by atoms with van der Waals surface area (Å²) in [6.45, 7) is 0.668. The highest BCUT2D eigenvalue weighted by Gasteiger charge is 2.30. The normalized spacial score (nSPS) is 19.9. The number of hydrazine groups is 1. The third-order valence-corrected chi connectivity index (χ3v) is 5.86. The molecule has 0 radical (unpaired) electrons. The molecule has 3 aromatic rings. The molecular weight excluding hydrogens is 346 g/mol. The van der Waals surface area contributed by atoms with Crippen LogP contribution in [-0.4, -0.2) is 28.0 Å². The van der Waals surface area contributed by atoms with Crippen molar-refractivity contribution in [2.24, 2.45) is 7.05 Å². The zero-order valence-electron chi connectivity index (χ0n) is 14.7. The van der Waals surface area contributed by atoms with E-state index in [0.717, 1.165) is 29.8 Å². The average Bonchev–Trinajstić information content (AvgIpc) is 3.36. The van der Waals surface area contributed by atoms with Gasteiger partial charge in [0.15, 0.2) is 0 Å². The van der Waals surface area contributed by atoms with Gasteiger partial charge >= 0.3 is 0 Å². The maximum absolute atomic E-state index is 12.4. The van der Waals surface area contributed by atoms with Crippen LogP contribution in [0.15, 0.2) is 42.6 Å². The van der Waals surface area contributed by atoms with Crippen molar-refractivity contribution in [1.82, 2.24) is 25.7 Å². The molecule has 2 atom stereocenters. The Morgan fingerprint density at radius 3 is 3.00 bits per heavy atom. The molecule has 1 fully saturated rings. The Labute approximate surface area is 156 Å². The standard InChI is InChI=1S/C19H23N5OS/c1-24-11-5-7-16(24)14-12-15(23-22-14)19(25)20-10-4-9-18-21-13-6-2-3-8-17(13)26-18/h2-3,5-8,11,14-15,22-23H,4,9-10,12H2,1H3,(H,20,25). The fraction of sp³-hybridized carbons (Fsp3) is 0.368. The van der Waals surface area contributed by atoms with E-state index >= 15 is 0 Å². The van der Waals surface area contributed by atoms with Gasteiger partial charge in [0.1, 0.15) is 6.04 Å². The lowest BCUT2D eigenvalue weighted by Crippen LogP contribution is -2.43. The molecule has 7 heteroatoms. The molecule has 0 aliphatic carbocycles. The van der Waals surface area contributed by atoms with Crippen molar-refractivity contribution < 1.29 is 4.79 Å². The Kier molecular flexibility index (Phi) is 5.01. The van der Waals surface area contributed by atoms with Gasteiger partial charge < -0.3 is 9.88 Å². The van der Waals surface area contributed by atoms with Crippen LogP contribution in [0, 0.1) is 0 Å². The average molecular weight is 369 g/mol. The second-order valence-corrected chi connectivity index (χ2v) is 7.76. The molecule has 2 unspecified atom stereocenters. The smallest absolute Gasteiger partial charge is 0.238 e. The molecule has 4 rings (SSSR count). The third-order valence-electron chi connectivity index (χ3n) is 4.77. The van der Waals surface area contributed by atoms with E-state index in [9.17, 15) is 4.79 Å². The van der Waals surface area contributed by atoms with Crippen molar-refractivity contribution in [1.29, 1.82) is 0 Å². The fourth-order valence-corrected chi connectivity index (χ4v) is 4.37. The fourth-order valence-electron chi connectivity index (χ4n) is 3.36. The van der Waals surface area contributed by atoms with Crippen LogP contribution >= 0.6 is 11.3 Å². The summed E-state index contributed by atoms with van der Waals surface area (Å²) < 4.78 is 3.30. The van der Waals surface area contributed by atoms with Crippen LogP contribution in [0.4, 0.5) is 0 Å². The molecule has 1 saturated heterocycles. The maximum atomic E-state index is 12.4. The summed E-state index contributed by atoms with van der Waals surface area (Å²) in [7, 11) is 2.02. The molecule has 0 saturated carbocycles. The topological polar surface area (TPSA) is 71.0 Å². The molecular formula is C19H23N5OS. The number of amides is 1. The third kappa shape index (κ3) is 3.65. The van der Waals surface area contributed by atoms with Gasteiger partial charge in [-0.1, -0.05) is 12.1 Å². The van der Waals surface area contributed by atoms with Gasteiger partial charge in [0.2, 0.25) is 5.91 Å². The molecule has 6 nitrogen and oxygen atoms in total. The van der Waals surface area contributed by atoms with Gasteiger partial charge in [0.25, 0.3) is 0 Å². The van der Waals surface area contributed by atoms with Crippen LogP contribution in [-0.2, 0) is 18.3 Å². The second kappa shape index (κ2) is 7.57. The first-order valence-electron chi connectivity index (χ1n) is 8.95. The summed E-state index contributed by atoms with van der Waals surface area (Å²) in [4.78, 5) is 17.0. The molecule has 1 aliphatic rings. The molecule has 0 spiro atoms. The molecule has 26 heavy (non-hydrogen) atoms. The van der Waals surface area contributed by atoms with Gasteiger partial charge in [-0.05, 0) is 37.1 Å². The van der Waals surface area contributed by atoms with Gasteiger partial charge in [-0.3, -0.25) is 4.79 Å². The number of carbonyl (C=O) groups is 1. The van der Waals surface area contributed by atoms with E-state index in [4.69, 9.17) is 0 Å². The van der Waals surface area contributed by atoms with Crippen molar-refractivity contribution in [3.05, 3.63) is 53.3 Å². The van der Waals surface area contributed by atoms with Gasteiger partial charge in [0.05, 0.1) is 21.3 Å². The van der Waals surface area contributed by atoms with Crippen molar-refractivity contribution >= 4 is 27.5 Å². The first-order chi connectivity index (χ1) is 12.7. The lowest BCUT2D eigenvalue weighted by molar-refractivity contribution is -0.122. The van der Waals surface area contributed by atoms with E-state index in [1.54, 1.807) is 11.3 Å². The highest BCUT2D eigenvalue weighted by Crippen LogP contribution is 2.23. The number of carbonyl (C=O) groups excluding carboxylic acids is 1. The number of aryl methyl sites for hydroxylation is 2.